The van der Waals surface area contributed by atoms with Crippen molar-refractivity contribution in [3.8, 4) is 0 Å². The molecule has 0 spiro atoms. The monoisotopic (exact) mass is 321 g/mol. The van der Waals surface area contributed by atoms with Crippen molar-refractivity contribution < 1.29 is 24.2 Å². The van der Waals surface area contributed by atoms with Crippen LogP contribution in [0.2, 0.25) is 0 Å². The van der Waals surface area contributed by atoms with E-state index >= 15 is 0 Å². The number of carboxylic acids is 1. The predicted molar refractivity (Wildman–Crippen MR) is 84.0 cm³/mol. The molecule has 1 aliphatic heterocycles. The molecule has 1 aromatic rings. The van der Waals surface area contributed by atoms with Crippen LogP contribution in [-0.4, -0.2) is 47.4 Å². The number of benzene rings is 1. The zero-order valence-electron chi connectivity index (χ0n) is 13.7. The highest BCUT2D eigenvalue weighted by Crippen LogP contribution is 2.32. The Morgan fingerprint density at radius 3 is 2.35 bits per heavy atom. The smallest absolute Gasteiger partial charge is 0.410 e. The molecule has 1 amide bonds. The fourth-order valence-corrected chi connectivity index (χ4v) is 2.37. The molecular formula is C17H23NO5. The van der Waals surface area contributed by atoms with Crippen LogP contribution in [0.5, 0.6) is 0 Å². The third-order valence-electron chi connectivity index (χ3n) is 3.58. The summed E-state index contributed by atoms with van der Waals surface area (Å²) >= 11 is 0. The molecule has 0 atom stereocenters. The van der Waals surface area contributed by atoms with Gasteiger partial charge in [0.25, 0.3) is 0 Å². The molecule has 0 aliphatic carbocycles. The number of aliphatic carboxylic acids is 1. The Kier molecular flexibility index (Phi) is 4.94. The maximum Gasteiger partial charge on any atom is 0.410 e. The molecule has 23 heavy (non-hydrogen) atoms. The normalized spacial score (nSPS) is 16.6. The Morgan fingerprint density at radius 2 is 1.83 bits per heavy atom. The van der Waals surface area contributed by atoms with Gasteiger partial charge in [0, 0.05) is 13.1 Å². The number of amides is 1. The highest BCUT2D eigenvalue weighted by molar-refractivity contribution is 5.80. The Balaban J connectivity index is 1.86. The lowest BCUT2D eigenvalue weighted by atomic mass is 9.81. The van der Waals surface area contributed by atoms with Gasteiger partial charge in [-0.3, -0.25) is 4.79 Å². The van der Waals surface area contributed by atoms with Gasteiger partial charge in [0.15, 0.2) is 0 Å². The highest BCUT2D eigenvalue weighted by atomic mass is 16.6. The summed E-state index contributed by atoms with van der Waals surface area (Å²) in [4.78, 5) is 24.9. The Morgan fingerprint density at radius 1 is 1.22 bits per heavy atom. The zero-order valence-corrected chi connectivity index (χ0v) is 13.7. The molecule has 1 aromatic carbocycles. The third kappa shape index (κ3) is 4.45. The van der Waals surface area contributed by atoms with Crippen molar-refractivity contribution in [3.05, 3.63) is 35.9 Å². The first-order valence-corrected chi connectivity index (χ1v) is 7.55. The topological polar surface area (TPSA) is 76.1 Å². The minimum atomic E-state index is -1.05. The fourth-order valence-electron chi connectivity index (χ4n) is 2.37. The van der Waals surface area contributed by atoms with Gasteiger partial charge >= 0.3 is 12.1 Å². The SMILES string of the molecule is CC(C)(C)OC(=O)N1CC(COCc2ccccc2)(C(=O)O)C1. The van der Waals surface area contributed by atoms with Gasteiger partial charge in [-0.2, -0.15) is 0 Å². The third-order valence-corrected chi connectivity index (χ3v) is 3.58. The molecule has 6 heteroatoms. The summed E-state index contributed by atoms with van der Waals surface area (Å²) < 4.78 is 10.8. The fraction of sp³-hybridized carbons (Fsp3) is 0.529. The van der Waals surface area contributed by atoms with Gasteiger partial charge in [0.05, 0.1) is 13.2 Å². The Labute approximate surface area is 136 Å². The summed E-state index contributed by atoms with van der Waals surface area (Å²) in [5, 5.41) is 9.45. The number of carbonyl (C=O) groups is 2. The highest BCUT2D eigenvalue weighted by Gasteiger charge is 2.52. The molecular weight excluding hydrogens is 298 g/mol. The molecule has 1 saturated heterocycles. The van der Waals surface area contributed by atoms with E-state index in [9.17, 15) is 14.7 Å². The molecule has 1 aliphatic rings. The summed E-state index contributed by atoms with van der Waals surface area (Å²) in [6.45, 7) is 5.95. The molecule has 0 saturated carbocycles. The summed E-state index contributed by atoms with van der Waals surface area (Å²) in [7, 11) is 0. The largest absolute Gasteiger partial charge is 0.481 e. The molecule has 2 rings (SSSR count). The lowest BCUT2D eigenvalue weighted by Crippen LogP contribution is -2.64. The number of carbonyl (C=O) groups excluding carboxylic acids is 1. The van der Waals surface area contributed by atoms with E-state index in [2.05, 4.69) is 0 Å². The predicted octanol–water partition coefficient (Wildman–Crippen LogP) is 2.52. The molecule has 0 unspecified atom stereocenters. The van der Waals surface area contributed by atoms with E-state index in [4.69, 9.17) is 9.47 Å². The van der Waals surface area contributed by atoms with E-state index < -0.39 is 23.1 Å². The van der Waals surface area contributed by atoms with Crippen LogP contribution in [0, 0.1) is 5.41 Å². The van der Waals surface area contributed by atoms with Gasteiger partial charge in [-0.1, -0.05) is 30.3 Å². The van der Waals surface area contributed by atoms with E-state index in [1.165, 1.54) is 4.90 Å². The number of carboxylic acid groups (broad SMARTS) is 1. The van der Waals surface area contributed by atoms with Crippen LogP contribution in [0.25, 0.3) is 0 Å². The molecule has 1 fully saturated rings. The average molecular weight is 321 g/mol. The number of nitrogens with zero attached hydrogens (tertiary/aromatic N) is 1. The van der Waals surface area contributed by atoms with Crippen LogP contribution in [0.1, 0.15) is 26.3 Å². The number of likely N-dealkylation sites (tertiary alicyclic amines) is 1. The van der Waals surface area contributed by atoms with Crippen molar-refractivity contribution in [1.82, 2.24) is 4.90 Å². The lowest BCUT2D eigenvalue weighted by Gasteiger charge is -2.46. The Hall–Kier alpha value is -2.08. The standard InChI is InChI=1S/C17H23NO5/c1-16(2,3)23-15(21)18-10-17(11-18,14(19)20)12-22-9-13-7-5-4-6-8-13/h4-8H,9-12H2,1-3H3,(H,19,20). The molecule has 6 nitrogen and oxygen atoms in total. The van der Waals surface area contributed by atoms with Crippen LogP contribution in [-0.2, 0) is 20.9 Å². The molecule has 1 heterocycles. The molecule has 126 valence electrons. The van der Waals surface area contributed by atoms with Crippen molar-refractivity contribution in [2.45, 2.75) is 33.0 Å². The maximum atomic E-state index is 11.9. The molecule has 1 N–H and O–H groups in total. The van der Waals surface area contributed by atoms with Crippen LogP contribution >= 0.6 is 0 Å². The lowest BCUT2D eigenvalue weighted by molar-refractivity contribution is -0.166. The van der Waals surface area contributed by atoms with Crippen LogP contribution < -0.4 is 0 Å². The minimum Gasteiger partial charge on any atom is -0.481 e. The maximum absolute atomic E-state index is 11.9. The first-order chi connectivity index (χ1) is 10.7. The minimum absolute atomic E-state index is 0.0660. The number of hydrogen-bond donors (Lipinski definition) is 1. The van der Waals surface area contributed by atoms with Crippen molar-refractivity contribution in [1.29, 1.82) is 0 Å². The van der Waals surface area contributed by atoms with Gasteiger partial charge < -0.3 is 19.5 Å². The van der Waals surface area contributed by atoms with Gasteiger partial charge in [0.2, 0.25) is 0 Å². The van der Waals surface area contributed by atoms with Gasteiger partial charge in [-0.15, -0.1) is 0 Å². The summed E-state index contributed by atoms with van der Waals surface area (Å²) in [5.74, 6) is -0.953. The number of hydrogen-bond acceptors (Lipinski definition) is 4. The van der Waals surface area contributed by atoms with Crippen molar-refractivity contribution in [2.24, 2.45) is 5.41 Å². The summed E-state index contributed by atoms with van der Waals surface area (Å²) in [6.07, 6.45) is -0.488. The summed E-state index contributed by atoms with van der Waals surface area (Å²) in [5.41, 5.74) is -0.662. The van der Waals surface area contributed by atoms with E-state index in [1.54, 1.807) is 20.8 Å². The van der Waals surface area contributed by atoms with Gasteiger partial charge in [-0.05, 0) is 26.3 Å². The van der Waals surface area contributed by atoms with E-state index in [0.717, 1.165) is 5.56 Å². The number of rotatable bonds is 5. The van der Waals surface area contributed by atoms with E-state index in [-0.39, 0.29) is 19.7 Å². The Bertz CT molecular complexity index is 558. The quantitative estimate of drug-likeness (QED) is 0.902. The van der Waals surface area contributed by atoms with Crippen LogP contribution in [0.3, 0.4) is 0 Å². The van der Waals surface area contributed by atoms with Gasteiger partial charge in [-0.25, -0.2) is 4.79 Å². The van der Waals surface area contributed by atoms with Crippen molar-refractivity contribution in [3.63, 3.8) is 0 Å². The molecule has 0 radical (unpaired) electrons. The molecule has 0 aromatic heterocycles. The van der Waals surface area contributed by atoms with E-state index in [1.807, 2.05) is 30.3 Å². The molecule has 0 bridgehead atoms. The summed E-state index contributed by atoms with van der Waals surface area (Å²) in [6, 6.07) is 9.55. The first kappa shape index (κ1) is 17.3. The van der Waals surface area contributed by atoms with Crippen molar-refractivity contribution >= 4 is 12.1 Å². The average Bonchev–Trinajstić information content (AvgIpc) is 2.40. The van der Waals surface area contributed by atoms with E-state index in [0.29, 0.717) is 6.61 Å². The first-order valence-electron chi connectivity index (χ1n) is 7.55. The second kappa shape index (κ2) is 6.58. The van der Waals surface area contributed by atoms with Crippen LogP contribution in [0.15, 0.2) is 30.3 Å². The van der Waals surface area contributed by atoms with Crippen molar-refractivity contribution in [2.75, 3.05) is 19.7 Å². The zero-order chi connectivity index (χ0) is 17.1. The second-order valence-electron chi connectivity index (χ2n) is 6.90. The number of ether oxygens (including phenoxy) is 2. The van der Waals surface area contributed by atoms with Gasteiger partial charge in [0.1, 0.15) is 11.0 Å². The van der Waals surface area contributed by atoms with Crippen LogP contribution in [0.4, 0.5) is 4.79 Å². The second-order valence-corrected chi connectivity index (χ2v) is 6.90.